The summed E-state index contributed by atoms with van der Waals surface area (Å²) in [5.74, 6) is 0. The van der Waals surface area contributed by atoms with Crippen LogP contribution in [0.15, 0.2) is 18.2 Å². The Morgan fingerprint density at radius 3 is 2.00 bits per heavy atom. The van der Waals surface area contributed by atoms with E-state index in [-0.39, 0.29) is 3.79 Å². The summed E-state index contributed by atoms with van der Waals surface area (Å²) in [4.78, 5) is 11.4. The molecular formula is C11H13IO. The summed E-state index contributed by atoms with van der Waals surface area (Å²) in [7, 11) is 0. The van der Waals surface area contributed by atoms with Gasteiger partial charge in [0.05, 0.1) is 0 Å². The summed E-state index contributed by atoms with van der Waals surface area (Å²) < 4.78 is 0.159. The molecule has 1 aromatic rings. The zero-order valence-electron chi connectivity index (χ0n) is 7.93. The van der Waals surface area contributed by atoms with Crippen LogP contribution in [-0.4, -0.2) is 3.79 Å². The number of carbonyl (C=O) groups excluding carboxylic acids is 1. The Labute approximate surface area is 92.7 Å². The van der Waals surface area contributed by atoms with Crippen LogP contribution in [0.4, 0.5) is 0 Å². The van der Waals surface area contributed by atoms with E-state index in [1.165, 1.54) is 11.1 Å². The molecule has 0 heterocycles. The van der Waals surface area contributed by atoms with Crippen molar-refractivity contribution in [3.05, 3.63) is 34.9 Å². The third-order valence-electron chi connectivity index (χ3n) is 2.20. The van der Waals surface area contributed by atoms with Gasteiger partial charge in [0.25, 0.3) is 0 Å². The van der Waals surface area contributed by atoms with Gasteiger partial charge in [-0.05, 0) is 24.0 Å². The van der Waals surface area contributed by atoms with Crippen LogP contribution in [0.25, 0.3) is 0 Å². The highest BCUT2D eigenvalue weighted by Crippen LogP contribution is 2.19. The van der Waals surface area contributed by atoms with Crippen molar-refractivity contribution in [2.24, 2.45) is 0 Å². The fourth-order valence-electron chi connectivity index (χ4n) is 1.50. The van der Waals surface area contributed by atoms with Gasteiger partial charge in [0.2, 0.25) is 3.79 Å². The molecule has 0 aromatic heterocycles. The average Bonchev–Trinajstić information content (AvgIpc) is 2.16. The summed E-state index contributed by atoms with van der Waals surface area (Å²) in [5, 5.41) is 0. The van der Waals surface area contributed by atoms with Gasteiger partial charge in [-0.25, -0.2) is 0 Å². The van der Waals surface area contributed by atoms with E-state index in [1.807, 2.05) is 40.8 Å². The first kappa shape index (κ1) is 10.7. The van der Waals surface area contributed by atoms with Crippen molar-refractivity contribution in [2.75, 3.05) is 0 Å². The van der Waals surface area contributed by atoms with E-state index in [1.54, 1.807) is 0 Å². The molecular weight excluding hydrogens is 275 g/mol. The summed E-state index contributed by atoms with van der Waals surface area (Å²) in [6.45, 7) is 4.16. The van der Waals surface area contributed by atoms with Crippen LogP contribution in [0, 0.1) is 0 Å². The zero-order valence-corrected chi connectivity index (χ0v) is 10.1. The van der Waals surface area contributed by atoms with Crippen molar-refractivity contribution in [3.63, 3.8) is 0 Å². The predicted octanol–water partition coefficient (Wildman–Crippen LogP) is 3.39. The number of carbonyl (C=O) groups is 1. The third kappa shape index (κ3) is 2.30. The second-order valence-corrected chi connectivity index (χ2v) is 3.91. The molecule has 0 saturated heterocycles. The van der Waals surface area contributed by atoms with Gasteiger partial charge in [-0.2, -0.15) is 0 Å². The van der Waals surface area contributed by atoms with Gasteiger partial charge in [-0.15, -0.1) is 0 Å². The fourth-order valence-corrected chi connectivity index (χ4v) is 2.19. The topological polar surface area (TPSA) is 17.1 Å². The number of hydrogen-bond acceptors (Lipinski definition) is 1. The molecule has 70 valence electrons. The summed E-state index contributed by atoms with van der Waals surface area (Å²) in [6, 6.07) is 6.09. The highest BCUT2D eigenvalue weighted by molar-refractivity contribution is 14.1. The Kier molecular flexibility index (Phi) is 3.90. The van der Waals surface area contributed by atoms with Gasteiger partial charge in [-0.3, -0.25) is 4.79 Å². The van der Waals surface area contributed by atoms with Crippen molar-refractivity contribution in [1.82, 2.24) is 0 Å². The molecule has 0 amide bonds. The minimum absolute atomic E-state index is 0.159. The smallest absolute Gasteiger partial charge is 0.222 e. The van der Waals surface area contributed by atoms with Crippen LogP contribution in [0.5, 0.6) is 0 Å². The normalized spacial score (nSPS) is 10.1. The molecule has 0 N–H and O–H groups in total. The number of rotatable bonds is 3. The number of benzene rings is 1. The van der Waals surface area contributed by atoms with Gasteiger partial charge >= 0.3 is 0 Å². The number of hydrogen-bond donors (Lipinski definition) is 0. The first-order valence-electron chi connectivity index (χ1n) is 4.51. The minimum Gasteiger partial charge on any atom is -0.282 e. The van der Waals surface area contributed by atoms with Gasteiger partial charge in [0.15, 0.2) is 0 Å². The molecule has 1 aromatic carbocycles. The maximum absolute atomic E-state index is 11.4. The molecule has 0 spiro atoms. The van der Waals surface area contributed by atoms with Crippen LogP contribution in [0.2, 0.25) is 0 Å². The molecule has 0 saturated carbocycles. The molecule has 0 atom stereocenters. The monoisotopic (exact) mass is 288 g/mol. The Hall–Kier alpha value is -0.380. The lowest BCUT2D eigenvalue weighted by atomic mass is 9.99. The van der Waals surface area contributed by atoms with Crippen molar-refractivity contribution in [1.29, 1.82) is 0 Å². The lowest BCUT2D eigenvalue weighted by Crippen LogP contribution is -2.01. The van der Waals surface area contributed by atoms with Crippen LogP contribution in [-0.2, 0) is 12.8 Å². The summed E-state index contributed by atoms with van der Waals surface area (Å²) >= 11 is 1.87. The summed E-state index contributed by atoms with van der Waals surface area (Å²) in [6.07, 6.45) is 1.86. The van der Waals surface area contributed by atoms with Crippen LogP contribution in [0.1, 0.15) is 35.3 Å². The van der Waals surface area contributed by atoms with Gasteiger partial charge in [-0.1, -0.05) is 32.0 Å². The van der Waals surface area contributed by atoms with Crippen LogP contribution >= 0.6 is 22.6 Å². The maximum Gasteiger partial charge on any atom is 0.222 e. The highest BCUT2D eigenvalue weighted by Gasteiger charge is 2.10. The molecule has 0 bridgehead atoms. The molecule has 0 aliphatic heterocycles. The lowest BCUT2D eigenvalue weighted by Gasteiger charge is -2.08. The lowest BCUT2D eigenvalue weighted by molar-refractivity contribution is 0.110. The molecule has 2 heteroatoms. The van der Waals surface area contributed by atoms with Crippen LogP contribution < -0.4 is 0 Å². The van der Waals surface area contributed by atoms with Crippen molar-refractivity contribution < 1.29 is 4.79 Å². The summed E-state index contributed by atoms with van der Waals surface area (Å²) in [5.41, 5.74) is 3.26. The third-order valence-corrected chi connectivity index (χ3v) is 2.73. The Morgan fingerprint density at radius 2 is 1.69 bits per heavy atom. The molecule has 13 heavy (non-hydrogen) atoms. The van der Waals surface area contributed by atoms with Gasteiger partial charge in [0, 0.05) is 28.2 Å². The van der Waals surface area contributed by atoms with Crippen molar-refractivity contribution >= 4 is 26.4 Å². The average molecular weight is 288 g/mol. The number of halogens is 1. The fraction of sp³-hybridized carbons (Fsp3) is 0.364. The molecule has 0 fully saturated rings. The van der Waals surface area contributed by atoms with E-state index in [2.05, 4.69) is 13.8 Å². The first-order valence-corrected chi connectivity index (χ1v) is 5.59. The van der Waals surface area contributed by atoms with Crippen molar-refractivity contribution in [2.45, 2.75) is 26.7 Å². The Bertz CT molecular complexity index is 296. The van der Waals surface area contributed by atoms with E-state index in [4.69, 9.17) is 0 Å². The van der Waals surface area contributed by atoms with Crippen molar-refractivity contribution in [3.8, 4) is 0 Å². The zero-order chi connectivity index (χ0) is 9.84. The quantitative estimate of drug-likeness (QED) is 0.615. The molecule has 0 unspecified atom stereocenters. The molecule has 1 rings (SSSR count). The second-order valence-electron chi connectivity index (χ2n) is 2.93. The van der Waals surface area contributed by atoms with E-state index in [0.29, 0.717) is 0 Å². The van der Waals surface area contributed by atoms with Gasteiger partial charge < -0.3 is 0 Å². The maximum atomic E-state index is 11.4. The Balaban J connectivity index is 3.29. The molecule has 0 radical (unpaired) electrons. The second kappa shape index (κ2) is 4.74. The highest BCUT2D eigenvalue weighted by atomic mass is 127. The SMILES string of the molecule is CCc1cccc(CC)c1C(=O)I. The largest absolute Gasteiger partial charge is 0.282 e. The Morgan fingerprint density at radius 1 is 1.23 bits per heavy atom. The minimum atomic E-state index is 0.159. The van der Waals surface area contributed by atoms with E-state index in [0.717, 1.165) is 18.4 Å². The standard InChI is InChI=1S/C11H13IO/c1-3-8-6-5-7-9(4-2)10(8)11(12)13/h5-7H,3-4H2,1-2H3. The molecule has 0 aliphatic carbocycles. The predicted molar refractivity (Wildman–Crippen MR) is 63.5 cm³/mol. The number of aryl methyl sites for hydroxylation is 2. The van der Waals surface area contributed by atoms with E-state index >= 15 is 0 Å². The van der Waals surface area contributed by atoms with E-state index in [9.17, 15) is 4.79 Å². The van der Waals surface area contributed by atoms with Gasteiger partial charge in [0.1, 0.15) is 0 Å². The van der Waals surface area contributed by atoms with E-state index < -0.39 is 0 Å². The van der Waals surface area contributed by atoms with Crippen LogP contribution in [0.3, 0.4) is 0 Å². The molecule has 1 nitrogen and oxygen atoms in total. The molecule has 0 aliphatic rings. The first-order chi connectivity index (χ1) is 6.20.